The normalized spacial score (nSPS) is 24.5. The van der Waals surface area contributed by atoms with Crippen LogP contribution >= 0.6 is 11.6 Å². The van der Waals surface area contributed by atoms with Gasteiger partial charge in [-0.05, 0) is 78.4 Å². The molecule has 0 saturated heterocycles. The zero-order chi connectivity index (χ0) is 27.0. The van der Waals surface area contributed by atoms with E-state index in [1.807, 2.05) is 12.1 Å². The fourth-order valence-corrected chi connectivity index (χ4v) is 8.05. The fraction of sp³-hybridized carbons (Fsp3) is 0.656. The second-order valence-corrected chi connectivity index (χ2v) is 19.7. The Hall–Kier alpha value is -1.20. The number of nitrogens with zero attached hydrogens (tertiary/aromatic N) is 1. The highest BCUT2D eigenvalue weighted by molar-refractivity contribution is 6.74. The lowest BCUT2D eigenvalue weighted by molar-refractivity contribution is -0.0579. The summed E-state index contributed by atoms with van der Waals surface area (Å²) >= 11 is 6.29. The lowest BCUT2D eigenvalue weighted by Crippen LogP contribution is -2.44. The van der Waals surface area contributed by atoms with Crippen molar-refractivity contribution in [2.75, 3.05) is 0 Å². The largest absolute Gasteiger partial charge is 0.410 e. The molecule has 0 amide bonds. The van der Waals surface area contributed by atoms with E-state index in [2.05, 4.69) is 73.7 Å². The number of rotatable bonds is 4. The Kier molecular flexibility index (Phi) is 6.79. The standard InChI is InChI=1S/C32H46ClNO2Si/c1-20(2)28-26-27(32(16-10-11-17-32)35-29(26)21-12-14-22(33)15-13-21)25-23(34-28)18-31(6,7)19-24(25)36-37(8,9)30(3,4)5/h12-15,20,24,29H,10-11,16-19H2,1-9H3/t24?,29-/m1/s1. The maximum absolute atomic E-state index is 7.32. The van der Waals surface area contributed by atoms with Crippen LogP contribution in [-0.4, -0.2) is 13.3 Å². The van der Waals surface area contributed by atoms with E-state index in [9.17, 15) is 0 Å². The van der Waals surface area contributed by atoms with Gasteiger partial charge in [0.1, 0.15) is 6.10 Å². The van der Waals surface area contributed by atoms with Gasteiger partial charge in [-0.2, -0.15) is 0 Å². The molecule has 5 heteroatoms. The second kappa shape index (κ2) is 9.18. The third-order valence-electron chi connectivity index (χ3n) is 9.52. The van der Waals surface area contributed by atoms with Crippen LogP contribution < -0.4 is 0 Å². The SMILES string of the molecule is CC(C)c1nc2c(c3c1[C@@H](c1ccc(Cl)cc1)OC31CCCC1)C(O[Si](C)(C)C(C)(C)C)CC(C)(C)C2. The molecule has 3 aliphatic rings. The molecule has 5 rings (SSSR count). The minimum atomic E-state index is -2.01. The Bertz CT molecular complexity index is 1170. The number of hydrogen-bond donors (Lipinski definition) is 0. The Balaban J connectivity index is 1.78. The van der Waals surface area contributed by atoms with Gasteiger partial charge in [-0.3, -0.25) is 4.98 Å². The van der Waals surface area contributed by atoms with Crippen molar-refractivity contribution >= 4 is 19.9 Å². The average Bonchev–Trinajstić information content (AvgIpc) is 3.37. The average molecular weight is 540 g/mol. The summed E-state index contributed by atoms with van der Waals surface area (Å²) in [6.45, 7) is 21.2. The second-order valence-electron chi connectivity index (χ2n) is 14.5. The van der Waals surface area contributed by atoms with E-state index in [1.54, 1.807) is 0 Å². The summed E-state index contributed by atoms with van der Waals surface area (Å²) in [5, 5.41) is 0.909. The van der Waals surface area contributed by atoms with Gasteiger partial charge in [0, 0.05) is 27.5 Å². The zero-order valence-electron chi connectivity index (χ0n) is 24.4. The van der Waals surface area contributed by atoms with Gasteiger partial charge in [-0.1, -0.05) is 85.0 Å². The summed E-state index contributed by atoms with van der Waals surface area (Å²) in [5.74, 6) is 0.318. The number of hydrogen-bond acceptors (Lipinski definition) is 3. The highest BCUT2D eigenvalue weighted by atomic mass is 35.5. The van der Waals surface area contributed by atoms with Gasteiger partial charge < -0.3 is 9.16 Å². The molecular formula is C32H46ClNO2Si. The topological polar surface area (TPSA) is 31.4 Å². The molecule has 0 radical (unpaired) electrons. The van der Waals surface area contributed by atoms with Crippen molar-refractivity contribution in [3.63, 3.8) is 0 Å². The molecule has 2 heterocycles. The first-order chi connectivity index (χ1) is 17.1. The van der Waals surface area contributed by atoms with Crippen LogP contribution in [0.25, 0.3) is 0 Å². The van der Waals surface area contributed by atoms with Crippen molar-refractivity contribution in [3.05, 3.63) is 62.9 Å². The lowest BCUT2D eigenvalue weighted by Gasteiger charge is -2.45. The maximum Gasteiger partial charge on any atom is 0.192 e. The number of pyridine rings is 1. The molecule has 2 aromatic rings. The van der Waals surface area contributed by atoms with Crippen LogP contribution in [0, 0.1) is 5.41 Å². The number of benzene rings is 1. The van der Waals surface area contributed by atoms with Gasteiger partial charge in [0.2, 0.25) is 0 Å². The molecule has 2 aliphatic carbocycles. The van der Waals surface area contributed by atoms with Gasteiger partial charge in [-0.15, -0.1) is 0 Å². The first-order valence-electron chi connectivity index (χ1n) is 14.3. The molecule has 1 aromatic carbocycles. The third kappa shape index (κ3) is 4.75. The van der Waals surface area contributed by atoms with Crippen molar-refractivity contribution in [1.82, 2.24) is 4.98 Å². The first-order valence-corrected chi connectivity index (χ1v) is 17.6. The predicted octanol–water partition coefficient (Wildman–Crippen LogP) is 9.78. The summed E-state index contributed by atoms with van der Waals surface area (Å²) in [4.78, 5) is 5.50. The monoisotopic (exact) mass is 539 g/mol. The van der Waals surface area contributed by atoms with Gasteiger partial charge in [0.25, 0.3) is 0 Å². The molecule has 2 atom stereocenters. The molecule has 3 nitrogen and oxygen atoms in total. The van der Waals surface area contributed by atoms with Gasteiger partial charge in [-0.25, -0.2) is 0 Å². The van der Waals surface area contributed by atoms with Crippen LogP contribution in [0.1, 0.15) is 132 Å². The summed E-state index contributed by atoms with van der Waals surface area (Å²) in [5.41, 5.74) is 7.69. The minimum absolute atomic E-state index is 0.0622. The van der Waals surface area contributed by atoms with Crippen LogP contribution in [0.4, 0.5) is 0 Å². The molecule has 1 unspecified atom stereocenters. The third-order valence-corrected chi connectivity index (χ3v) is 14.3. The molecular weight excluding hydrogens is 494 g/mol. The zero-order valence-corrected chi connectivity index (χ0v) is 26.2. The minimum Gasteiger partial charge on any atom is -0.410 e. The van der Waals surface area contributed by atoms with Crippen molar-refractivity contribution < 1.29 is 9.16 Å². The van der Waals surface area contributed by atoms with E-state index in [0.717, 1.165) is 30.7 Å². The van der Waals surface area contributed by atoms with Crippen molar-refractivity contribution in [1.29, 1.82) is 0 Å². The quantitative estimate of drug-likeness (QED) is 0.362. The van der Waals surface area contributed by atoms with Crippen LogP contribution in [0.3, 0.4) is 0 Å². The molecule has 1 spiro atoms. The Morgan fingerprint density at radius 3 is 2.24 bits per heavy atom. The van der Waals surface area contributed by atoms with Crippen LogP contribution in [0.15, 0.2) is 24.3 Å². The molecule has 1 aliphatic heterocycles. The van der Waals surface area contributed by atoms with E-state index in [0.29, 0.717) is 5.92 Å². The summed E-state index contributed by atoms with van der Waals surface area (Å²) < 4.78 is 14.5. The summed E-state index contributed by atoms with van der Waals surface area (Å²) in [6, 6.07) is 8.26. The van der Waals surface area contributed by atoms with Gasteiger partial charge in [0.15, 0.2) is 8.32 Å². The van der Waals surface area contributed by atoms with Crippen molar-refractivity contribution in [2.45, 2.75) is 129 Å². The van der Waals surface area contributed by atoms with Gasteiger partial charge >= 0.3 is 0 Å². The van der Waals surface area contributed by atoms with Crippen molar-refractivity contribution in [3.8, 4) is 0 Å². The number of fused-ring (bicyclic) bond motifs is 4. The molecule has 37 heavy (non-hydrogen) atoms. The number of halogens is 1. The van der Waals surface area contributed by atoms with E-state index in [-0.39, 0.29) is 28.3 Å². The Morgan fingerprint density at radius 1 is 1.05 bits per heavy atom. The molecule has 1 aromatic heterocycles. The van der Waals surface area contributed by atoms with E-state index in [4.69, 9.17) is 25.7 Å². The Morgan fingerprint density at radius 2 is 1.68 bits per heavy atom. The van der Waals surface area contributed by atoms with Crippen LogP contribution in [-0.2, 0) is 21.2 Å². The molecule has 0 bridgehead atoms. The molecule has 202 valence electrons. The van der Waals surface area contributed by atoms with Gasteiger partial charge in [0.05, 0.1) is 11.7 Å². The lowest BCUT2D eigenvalue weighted by atomic mass is 9.70. The molecule has 0 N–H and O–H groups in total. The highest BCUT2D eigenvalue weighted by Crippen LogP contribution is 2.60. The Labute approximate surface area is 230 Å². The van der Waals surface area contributed by atoms with Crippen molar-refractivity contribution in [2.24, 2.45) is 5.41 Å². The van der Waals surface area contributed by atoms with Crippen LogP contribution in [0.2, 0.25) is 23.2 Å². The number of aromatic nitrogens is 1. The number of ether oxygens (including phenoxy) is 1. The maximum atomic E-state index is 7.32. The van der Waals surface area contributed by atoms with Crippen LogP contribution in [0.5, 0.6) is 0 Å². The summed E-state index contributed by atoms with van der Waals surface area (Å²) in [6.07, 6.45) is 6.55. The van der Waals surface area contributed by atoms with E-state index >= 15 is 0 Å². The van der Waals surface area contributed by atoms with E-state index in [1.165, 1.54) is 46.5 Å². The predicted molar refractivity (Wildman–Crippen MR) is 156 cm³/mol. The molecule has 1 fully saturated rings. The fourth-order valence-electron chi connectivity index (χ4n) is 6.65. The van der Waals surface area contributed by atoms with E-state index < -0.39 is 8.32 Å². The highest BCUT2D eigenvalue weighted by Gasteiger charge is 2.54. The molecule has 1 saturated carbocycles. The first kappa shape index (κ1) is 27.4. The summed E-state index contributed by atoms with van der Waals surface area (Å²) in [7, 11) is -2.01. The smallest absolute Gasteiger partial charge is 0.192 e.